The van der Waals surface area contributed by atoms with Gasteiger partial charge in [-0.1, -0.05) is 24.3 Å². The van der Waals surface area contributed by atoms with Crippen LogP contribution < -0.4 is 10.6 Å². The first-order chi connectivity index (χ1) is 12.5. The lowest BCUT2D eigenvalue weighted by Gasteiger charge is -2.06. The number of anilines is 1. The lowest BCUT2D eigenvalue weighted by molar-refractivity contribution is -0.123. The lowest BCUT2D eigenvalue weighted by Crippen LogP contribution is -2.37. The Morgan fingerprint density at radius 2 is 1.81 bits per heavy atom. The first-order valence-electron chi connectivity index (χ1n) is 7.54. The van der Waals surface area contributed by atoms with Crippen molar-refractivity contribution >= 4 is 45.0 Å². The maximum absolute atomic E-state index is 13.6. The number of amides is 3. The van der Waals surface area contributed by atoms with Crippen LogP contribution in [0, 0.1) is 5.82 Å². The molecular weight excluding hydrogens is 359 g/mol. The number of fused-ring (bicyclic) bond motifs is 1. The van der Waals surface area contributed by atoms with Crippen molar-refractivity contribution in [1.29, 1.82) is 0 Å². The number of para-hydroxylation sites is 1. The average molecular weight is 372 g/mol. The number of halogens is 1. The number of carbonyl (C=O) groups is 3. The second-order valence-corrected chi connectivity index (χ2v) is 6.29. The minimum atomic E-state index is -0.779. The highest BCUT2D eigenvalue weighted by molar-refractivity contribution is 7.20. The van der Waals surface area contributed by atoms with Gasteiger partial charge in [-0.05, 0) is 30.3 Å². The molecule has 3 rings (SSSR count). The molecule has 1 heterocycles. The molecule has 0 fully saturated rings. The summed E-state index contributed by atoms with van der Waals surface area (Å²) in [6, 6.07) is 13.7. The van der Waals surface area contributed by atoms with E-state index in [1.165, 1.54) is 12.1 Å². The van der Waals surface area contributed by atoms with Crippen molar-refractivity contribution in [3.8, 4) is 0 Å². The number of esters is 1. The number of urea groups is 1. The second-order valence-electron chi connectivity index (χ2n) is 5.21. The van der Waals surface area contributed by atoms with Crippen LogP contribution >= 0.6 is 11.3 Å². The molecule has 3 aromatic rings. The van der Waals surface area contributed by atoms with E-state index in [0.29, 0.717) is 15.8 Å². The van der Waals surface area contributed by atoms with Gasteiger partial charge in [-0.15, -0.1) is 11.3 Å². The van der Waals surface area contributed by atoms with E-state index in [1.807, 2.05) is 5.32 Å². The number of rotatable bonds is 4. The van der Waals surface area contributed by atoms with Crippen molar-refractivity contribution in [2.45, 2.75) is 0 Å². The molecule has 0 radical (unpaired) electrons. The van der Waals surface area contributed by atoms with Crippen molar-refractivity contribution in [2.24, 2.45) is 0 Å². The van der Waals surface area contributed by atoms with Crippen LogP contribution in [0.25, 0.3) is 10.1 Å². The minimum absolute atomic E-state index is 0.173. The van der Waals surface area contributed by atoms with E-state index >= 15 is 0 Å². The molecule has 6 nitrogen and oxygen atoms in total. The van der Waals surface area contributed by atoms with E-state index in [2.05, 4.69) is 5.32 Å². The summed E-state index contributed by atoms with van der Waals surface area (Å²) in [5.41, 5.74) is 0.516. The van der Waals surface area contributed by atoms with Gasteiger partial charge in [-0.2, -0.15) is 0 Å². The number of hydrogen-bond donors (Lipinski definition) is 2. The summed E-state index contributed by atoms with van der Waals surface area (Å²) in [5.74, 6) is -1.98. The Hall–Kier alpha value is -3.26. The standard InChI is InChI=1S/C18H13FN2O4S/c19-13-7-4-8-14-12(13)9-15(26-14)17(23)25-10-16(22)21-18(24)20-11-5-2-1-3-6-11/h1-9H,10H2,(H2,20,21,22,24). The third-order valence-electron chi connectivity index (χ3n) is 3.33. The van der Waals surface area contributed by atoms with Gasteiger partial charge in [0, 0.05) is 15.8 Å². The summed E-state index contributed by atoms with van der Waals surface area (Å²) in [5, 5.41) is 4.83. The molecular formula is C18H13FN2O4S. The highest BCUT2D eigenvalue weighted by atomic mass is 32.1. The van der Waals surface area contributed by atoms with Gasteiger partial charge in [0.15, 0.2) is 6.61 Å². The third-order valence-corrected chi connectivity index (χ3v) is 4.41. The van der Waals surface area contributed by atoms with E-state index in [0.717, 1.165) is 11.3 Å². The predicted molar refractivity (Wildman–Crippen MR) is 95.7 cm³/mol. The topological polar surface area (TPSA) is 84.5 Å². The fraction of sp³-hybridized carbons (Fsp3) is 0.0556. The van der Waals surface area contributed by atoms with Crippen LogP contribution in [0.15, 0.2) is 54.6 Å². The van der Waals surface area contributed by atoms with E-state index in [4.69, 9.17) is 4.74 Å². The average Bonchev–Trinajstić information content (AvgIpc) is 3.06. The lowest BCUT2D eigenvalue weighted by atomic mass is 10.2. The Balaban J connectivity index is 1.52. The molecule has 2 N–H and O–H groups in total. The third kappa shape index (κ3) is 4.22. The molecule has 0 spiro atoms. The van der Waals surface area contributed by atoms with E-state index < -0.39 is 30.3 Å². The number of ether oxygens (including phenoxy) is 1. The molecule has 0 aliphatic heterocycles. The molecule has 3 amide bonds. The van der Waals surface area contributed by atoms with Crippen LogP contribution in [-0.4, -0.2) is 24.5 Å². The Morgan fingerprint density at radius 1 is 1.04 bits per heavy atom. The summed E-state index contributed by atoms with van der Waals surface area (Å²) in [4.78, 5) is 35.5. The van der Waals surface area contributed by atoms with Crippen LogP contribution in [0.5, 0.6) is 0 Å². The van der Waals surface area contributed by atoms with Crippen LogP contribution in [0.4, 0.5) is 14.9 Å². The molecule has 132 valence electrons. The van der Waals surface area contributed by atoms with Crippen molar-refractivity contribution in [2.75, 3.05) is 11.9 Å². The van der Waals surface area contributed by atoms with Crippen molar-refractivity contribution in [3.63, 3.8) is 0 Å². The van der Waals surface area contributed by atoms with Crippen molar-refractivity contribution < 1.29 is 23.5 Å². The van der Waals surface area contributed by atoms with Gasteiger partial charge >= 0.3 is 12.0 Å². The van der Waals surface area contributed by atoms with E-state index in [-0.39, 0.29) is 4.88 Å². The summed E-state index contributed by atoms with van der Waals surface area (Å²) in [7, 11) is 0. The monoisotopic (exact) mass is 372 g/mol. The maximum atomic E-state index is 13.6. The molecule has 0 atom stereocenters. The van der Waals surface area contributed by atoms with Gasteiger partial charge in [0.05, 0.1) is 0 Å². The Bertz CT molecular complexity index is 972. The predicted octanol–water partition coefficient (Wildman–Crippen LogP) is 3.55. The fourth-order valence-corrected chi connectivity index (χ4v) is 3.14. The van der Waals surface area contributed by atoms with Gasteiger partial charge in [-0.25, -0.2) is 14.0 Å². The highest BCUT2D eigenvalue weighted by Crippen LogP contribution is 2.28. The molecule has 0 saturated heterocycles. The summed E-state index contributed by atoms with van der Waals surface area (Å²) in [6.45, 7) is -0.627. The number of hydrogen-bond acceptors (Lipinski definition) is 5. The zero-order valence-corrected chi connectivity index (χ0v) is 14.1. The van der Waals surface area contributed by atoms with Crippen molar-refractivity contribution in [3.05, 3.63) is 65.3 Å². The first kappa shape index (κ1) is 17.6. The molecule has 0 aliphatic rings. The van der Waals surface area contributed by atoms with Gasteiger partial charge < -0.3 is 10.1 Å². The number of thiophene rings is 1. The minimum Gasteiger partial charge on any atom is -0.451 e. The zero-order chi connectivity index (χ0) is 18.5. The number of carbonyl (C=O) groups excluding carboxylic acids is 3. The van der Waals surface area contributed by atoms with Crippen LogP contribution in [0.3, 0.4) is 0 Å². The van der Waals surface area contributed by atoms with Crippen LogP contribution in [0.2, 0.25) is 0 Å². The Morgan fingerprint density at radius 3 is 2.54 bits per heavy atom. The molecule has 0 bridgehead atoms. The van der Waals surface area contributed by atoms with Gasteiger partial charge in [0.2, 0.25) is 0 Å². The van der Waals surface area contributed by atoms with E-state index in [9.17, 15) is 18.8 Å². The summed E-state index contributed by atoms with van der Waals surface area (Å²) < 4.78 is 19.1. The number of imide groups is 1. The largest absolute Gasteiger partial charge is 0.451 e. The molecule has 0 aliphatic carbocycles. The molecule has 1 aromatic heterocycles. The molecule has 2 aromatic carbocycles. The normalized spacial score (nSPS) is 10.3. The van der Waals surface area contributed by atoms with Crippen LogP contribution in [0.1, 0.15) is 9.67 Å². The van der Waals surface area contributed by atoms with Crippen LogP contribution in [-0.2, 0) is 9.53 Å². The second kappa shape index (κ2) is 7.75. The zero-order valence-electron chi connectivity index (χ0n) is 13.3. The molecule has 26 heavy (non-hydrogen) atoms. The Kier molecular flexibility index (Phi) is 5.23. The summed E-state index contributed by atoms with van der Waals surface area (Å²) >= 11 is 1.06. The number of nitrogens with one attached hydrogen (secondary N) is 2. The molecule has 0 saturated carbocycles. The molecule has 0 unspecified atom stereocenters. The van der Waals surface area contributed by atoms with Gasteiger partial charge in [0.25, 0.3) is 5.91 Å². The quantitative estimate of drug-likeness (QED) is 0.686. The fourth-order valence-electron chi connectivity index (χ4n) is 2.17. The van der Waals surface area contributed by atoms with Crippen molar-refractivity contribution in [1.82, 2.24) is 5.32 Å². The van der Waals surface area contributed by atoms with Gasteiger partial charge in [0.1, 0.15) is 10.7 Å². The smallest absolute Gasteiger partial charge is 0.348 e. The summed E-state index contributed by atoms with van der Waals surface area (Å²) in [6.07, 6.45) is 0. The maximum Gasteiger partial charge on any atom is 0.348 e. The Labute approximate surface area is 151 Å². The van der Waals surface area contributed by atoms with Gasteiger partial charge in [-0.3, -0.25) is 10.1 Å². The number of benzene rings is 2. The highest BCUT2D eigenvalue weighted by Gasteiger charge is 2.16. The van der Waals surface area contributed by atoms with E-state index in [1.54, 1.807) is 42.5 Å². The SMILES string of the molecule is O=C(COC(=O)c1cc2c(F)cccc2s1)NC(=O)Nc1ccccc1. The first-order valence-corrected chi connectivity index (χ1v) is 8.35. The molecule has 8 heteroatoms.